The van der Waals surface area contributed by atoms with Gasteiger partial charge < -0.3 is 14.8 Å². The highest BCUT2D eigenvalue weighted by molar-refractivity contribution is 7.98. The van der Waals surface area contributed by atoms with Crippen molar-refractivity contribution in [2.45, 2.75) is 36.5 Å². The Bertz CT molecular complexity index is 1130. The van der Waals surface area contributed by atoms with E-state index in [-0.39, 0.29) is 17.8 Å². The van der Waals surface area contributed by atoms with Gasteiger partial charge in [-0.2, -0.15) is 23.0 Å². The third kappa shape index (κ3) is 3.98. The van der Waals surface area contributed by atoms with Crippen molar-refractivity contribution < 1.29 is 22.5 Å². The van der Waals surface area contributed by atoms with Crippen LogP contribution in [-0.2, 0) is 12.7 Å². The summed E-state index contributed by atoms with van der Waals surface area (Å²) in [6.07, 6.45) is -2.78. The number of nitrogens with one attached hydrogen (secondary N) is 2. The van der Waals surface area contributed by atoms with Crippen LogP contribution < -0.4 is 10.3 Å². The molecule has 0 unspecified atom stereocenters. The van der Waals surface area contributed by atoms with Crippen molar-refractivity contribution >= 4 is 23.5 Å². The summed E-state index contributed by atoms with van der Waals surface area (Å²) in [5.74, 6) is -1.56. The molecule has 1 fully saturated rings. The maximum atomic E-state index is 13.3. The van der Waals surface area contributed by atoms with Gasteiger partial charge in [-0.1, -0.05) is 35.5 Å². The second-order valence-corrected chi connectivity index (χ2v) is 8.11. The molecule has 2 aliphatic rings. The fourth-order valence-corrected chi connectivity index (χ4v) is 4.12. The summed E-state index contributed by atoms with van der Waals surface area (Å²) in [6.45, 7) is 0.402. The molecule has 0 spiro atoms. The first-order valence-corrected chi connectivity index (χ1v) is 10.3. The molecule has 0 saturated heterocycles. The Labute approximate surface area is 179 Å². The second-order valence-electron chi connectivity index (χ2n) is 7.29. The standard InChI is InChI=1S/C20H16F3N5O2S/c21-20(22,23)19-24-17(26-30-19)12-6-4-11(5-7-12)10-28(13-8-9-13)18(29)14-2-1-3-15-16(14)31-27-25-15/h1-7,13,25,27H,8-10H2. The van der Waals surface area contributed by atoms with Crippen molar-refractivity contribution in [2.75, 3.05) is 5.43 Å². The summed E-state index contributed by atoms with van der Waals surface area (Å²) in [6, 6.07) is 12.5. The minimum absolute atomic E-state index is 0.0468. The number of hydrogen-bond donors (Lipinski definition) is 2. The molecule has 2 heterocycles. The molecule has 2 N–H and O–H groups in total. The Morgan fingerprint density at radius 3 is 2.65 bits per heavy atom. The van der Waals surface area contributed by atoms with E-state index < -0.39 is 12.1 Å². The zero-order valence-corrected chi connectivity index (χ0v) is 16.8. The molecular weight excluding hydrogens is 431 g/mol. The molecule has 1 aliphatic heterocycles. The van der Waals surface area contributed by atoms with Crippen LogP contribution in [0.25, 0.3) is 11.4 Å². The first kappa shape index (κ1) is 19.9. The number of carbonyl (C=O) groups excluding carboxylic acids is 1. The molecule has 5 rings (SSSR count). The number of alkyl halides is 3. The molecule has 31 heavy (non-hydrogen) atoms. The minimum atomic E-state index is -4.68. The first-order valence-electron chi connectivity index (χ1n) is 9.52. The van der Waals surface area contributed by atoms with Gasteiger partial charge in [0.1, 0.15) is 0 Å². The van der Waals surface area contributed by atoms with Crippen molar-refractivity contribution in [1.29, 1.82) is 0 Å². The largest absolute Gasteiger partial charge is 0.471 e. The van der Waals surface area contributed by atoms with Crippen molar-refractivity contribution in [3.8, 4) is 11.4 Å². The van der Waals surface area contributed by atoms with Crippen LogP contribution in [-0.4, -0.2) is 27.0 Å². The molecule has 11 heteroatoms. The summed E-state index contributed by atoms with van der Waals surface area (Å²) in [7, 11) is 0. The number of hydrazine groups is 1. The number of carbonyl (C=O) groups is 1. The van der Waals surface area contributed by atoms with Gasteiger partial charge in [-0.3, -0.25) is 4.79 Å². The molecular formula is C20H16F3N5O2S. The van der Waals surface area contributed by atoms with E-state index in [4.69, 9.17) is 0 Å². The maximum absolute atomic E-state index is 13.3. The molecule has 0 atom stereocenters. The van der Waals surface area contributed by atoms with Crippen LogP contribution in [0.15, 0.2) is 51.9 Å². The topological polar surface area (TPSA) is 83.3 Å². The van der Waals surface area contributed by atoms with Gasteiger partial charge in [0.15, 0.2) is 0 Å². The Kier molecular flexibility index (Phi) is 4.86. The Hall–Kier alpha value is -3.05. The lowest BCUT2D eigenvalue weighted by Gasteiger charge is -2.23. The van der Waals surface area contributed by atoms with E-state index in [1.165, 1.54) is 11.9 Å². The highest BCUT2D eigenvalue weighted by Gasteiger charge is 2.38. The number of amides is 1. The lowest BCUT2D eigenvalue weighted by Crippen LogP contribution is -2.32. The van der Waals surface area contributed by atoms with E-state index in [2.05, 4.69) is 24.9 Å². The Morgan fingerprint density at radius 2 is 1.97 bits per heavy atom. The van der Waals surface area contributed by atoms with Gasteiger partial charge in [-0.25, -0.2) is 0 Å². The van der Waals surface area contributed by atoms with Gasteiger partial charge >= 0.3 is 12.1 Å². The van der Waals surface area contributed by atoms with Crippen LogP contribution in [0.5, 0.6) is 0 Å². The molecule has 2 aromatic carbocycles. The molecule has 0 bridgehead atoms. The molecule has 3 aromatic rings. The summed E-state index contributed by atoms with van der Waals surface area (Å²) in [4.78, 5) is 22.4. The fraction of sp³-hybridized carbons (Fsp3) is 0.250. The molecule has 7 nitrogen and oxygen atoms in total. The first-order chi connectivity index (χ1) is 14.9. The van der Waals surface area contributed by atoms with Crippen LogP contribution in [0.4, 0.5) is 18.9 Å². The van der Waals surface area contributed by atoms with Crippen LogP contribution >= 0.6 is 11.9 Å². The molecule has 1 amide bonds. The zero-order valence-electron chi connectivity index (χ0n) is 15.9. The number of aromatic nitrogens is 2. The minimum Gasteiger partial charge on any atom is -0.331 e. The number of rotatable bonds is 5. The smallest absolute Gasteiger partial charge is 0.331 e. The van der Waals surface area contributed by atoms with Crippen LogP contribution in [0, 0.1) is 0 Å². The van der Waals surface area contributed by atoms with Crippen molar-refractivity contribution in [2.24, 2.45) is 0 Å². The fourth-order valence-electron chi connectivity index (χ4n) is 3.36. The summed E-state index contributed by atoms with van der Waals surface area (Å²) in [5, 5.41) is 3.40. The number of nitrogens with zero attached hydrogens (tertiary/aromatic N) is 3. The summed E-state index contributed by atoms with van der Waals surface area (Å²) < 4.78 is 42.3. The molecule has 1 aromatic heterocycles. The zero-order chi connectivity index (χ0) is 21.6. The van der Waals surface area contributed by atoms with Gasteiger partial charge in [0.25, 0.3) is 5.91 Å². The highest BCUT2D eigenvalue weighted by atomic mass is 32.2. The number of benzene rings is 2. The quantitative estimate of drug-likeness (QED) is 0.558. The van der Waals surface area contributed by atoms with Gasteiger partial charge in [0.2, 0.25) is 5.82 Å². The average molecular weight is 447 g/mol. The van der Waals surface area contributed by atoms with Crippen LogP contribution in [0.2, 0.25) is 0 Å². The van der Waals surface area contributed by atoms with Crippen LogP contribution in [0.3, 0.4) is 0 Å². The van der Waals surface area contributed by atoms with Crippen molar-refractivity contribution in [3.63, 3.8) is 0 Å². The van der Waals surface area contributed by atoms with Crippen molar-refractivity contribution in [1.82, 2.24) is 19.9 Å². The lowest BCUT2D eigenvalue weighted by molar-refractivity contribution is -0.159. The normalized spacial score (nSPS) is 15.5. The average Bonchev–Trinajstić information content (AvgIpc) is 3.25. The third-order valence-corrected chi connectivity index (χ3v) is 5.91. The summed E-state index contributed by atoms with van der Waals surface area (Å²) in [5.41, 5.74) is 5.78. The summed E-state index contributed by atoms with van der Waals surface area (Å²) >= 11 is 1.37. The SMILES string of the molecule is O=C(c1cccc2c1SNN2)N(Cc1ccc(-c2noc(C(F)(F)F)n2)cc1)C1CC1. The monoisotopic (exact) mass is 447 g/mol. The highest BCUT2D eigenvalue weighted by Crippen LogP contribution is 2.37. The predicted molar refractivity (Wildman–Crippen MR) is 107 cm³/mol. The number of fused-ring (bicyclic) bond motifs is 1. The maximum Gasteiger partial charge on any atom is 0.471 e. The van der Waals surface area contributed by atoms with E-state index in [1.807, 2.05) is 23.1 Å². The molecule has 160 valence electrons. The molecule has 1 saturated carbocycles. The molecule has 1 aliphatic carbocycles. The third-order valence-electron chi connectivity index (χ3n) is 5.07. The number of anilines is 1. The van der Waals surface area contributed by atoms with Gasteiger partial charge in [-0.05, 0) is 42.5 Å². The van der Waals surface area contributed by atoms with Gasteiger partial charge in [0, 0.05) is 18.2 Å². The Balaban J connectivity index is 1.35. The van der Waals surface area contributed by atoms with Crippen LogP contribution in [0.1, 0.15) is 34.7 Å². The predicted octanol–water partition coefficient (Wildman–Crippen LogP) is 4.50. The number of halogens is 3. The van der Waals surface area contributed by atoms with E-state index in [0.717, 1.165) is 29.0 Å². The second kappa shape index (κ2) is 7.57. The molecule has 0 radical (unpaired) electrons. The van der Waals surface area contributed by atoms with E-state index in [9.17, 15) is 18.0 Å². The van der Waals surface area contributed by atoms with E-state index >= 15 is 0 Å². The van der Waals surface area contributed by atoms with E-state index in [0.29, 0.717) is 17.7 Å². The van der Waals surface area contributed by atoms with Gasteiger partial charge in [0.05, 0.1) is 16.1 Å². The number of hydrogen-bond acceptors (Lipinski definition) is 7. The Morgan fingerprint density at radius 1 is 1.19 bits per heavy atom. The van der Waals surface area contributed by atoms with E-state index in [1.54, 1.807) is 24.3 Å². The van der Waals surface area contributed by atoms with Crippen molar-refractivity contribution in [3.05, 3.63) is 59.5 Å². The lowest BCUT2D eigenvalue weighted by atomic mass is 10.1. The van der Waals surface area contributed by atoms with Gasteiger partial charge in [-0.15, -0.1) is 0 Å².